The molecule has 1 aromatic rings. The smallest absolute Gasteiger partial charge is 0.338 e. The number of ketones is 1. The predicted molar refractivity (Wildman–Crippen MR) is 177 cm³/mol. The van der Waals surface area contributed by atoms with Crippen molar-refractivity contribution in [3.8, 4) is 0 Å². The van der Waals surface area contributed by atoms with Crippen LogP contribution in [0.15, 0.2) is 54.6 Å². The summed E-state index contributed by atoms with van der Waals surface area (Å²) >= 11 is 0. The van der Waals surface area contributed by atoms with Crippen LogP contribution in [-0.4, -0.2) is 88.2 Å². The van der Waals surface area contributed by atoms with Gasteiger partial charge < -0.3 is 33.9 Å². The zero-order valence-electron chi connectivity index (χ0n) is 29.8. The van der Waals surface area contributed by atoms with Crippen molar-refractivity contribution in [2.75, 3.05) is 6.61 Å². The lowest BCUT2D eigenvalue weighted by atomic mass is 9.72. The number of aliphatic hydroxyl groups is 2. The quantitative estimate of drug-likeness (QED) is 0.230. The van der Waals surface area contributed by atoms with Gasteiger partial charge in [0.05, 0.1) is 17.6 Å². The van der Waals surface area contributed by atoms with Gasteiger partial charge in [-0.05, 0) is 30.5 Å². The van der Waals surface area contributed by atoms with Gasteiger partial charge in [0.2, 0.25) is 0 Å². The summed E-state index contributed by atoms with van der Waals surface area (Å²) in [4.78, 5) is 65.6. The highest BCUT2D eigenvalue weighted by atomic mass is 16.6. The molecule has 0 aromatic heterocycles. The Morgan fingerprint density at radius 2 is 1.53 bits per heavy atom. The Bertz CT molecular complexity index is 1450. The molecular weight excluding hydrogens is 636 g/mol. The van der Waals surface area contributed by atoms with Gasteiger partial charge >= 0.3 is 23.9 Å². The minimum absolute atomic E-state index is 0.0212. The fraction of sp³-hybridized carbons (Fsp3) is 0.595. The third-order valence-corrected chi connectivity index (χ3v) is 9.00. The van der Waals surface area contributed by atoms with Crippen molar-refractivity contribution in [1.82, 2.24) is 0 Å². The summed E-state index contributed by atoms with van der Waals surface area (Å²) in [6.07, 6.45) is -5.04. The third-order valence-electron chi connectivity index (χ3n) is 9.00. The van der Waals surface area contributed by atoms with Crippen molar-refractivity contribution in [3.63, 3.8) is 0 Å². The first-order valence-corrected chi connectivity index (χ1v) is 16.4. The van der Waals surface area contributed by atoms with E-state index in [9.17, 15) is 34.2 Å². The molecule has 0 amide bonds. The molecular formula is C37H50O12. The molecule has 0 aliphatic heterocycles. The molecule has 0 heterocycles. The normalized spacial score (nSPS) is 33.8. The summed E-state index contributed by atoms with van der Waals surface area (Å²) in [5.74, 6) is -6.46. The third kappa shape index (κ3) is 8.84. The fourth-order valence-electron chi connectivity index (χ4n) is 6.77. The number of hydrogen-bond acceptors (Lipinski definition) is 12. The Morgan fingerprint density at radius 3 is 2.06 bits per heavy atom. The molecule has 49 heavy (non-hydrogen) atoms. The average Bonchev–Trinajstić information content (AvgIpc) is 3.19. The largest absolute Gasteiger partial charge is 0.458 e. The SMILES string of the molecule is C=C1[C@H](OC(=O)c2ccccc2)[C@@H](OC(C)=O)[C@@H](OC(C)=O)C(C)(C)/C=C/[C@H](C)C(=O)[C@@]2(O)C[C@@](C)(OC(C)=O)[C@H](O)[C@@H]2[C@H]1OCC(C)C. The minimum atomic E-state index is -2.36. The second-order valence-corrected chi connectivity index (χ2v) is 14.3. The Labute approximate surface area is 287 Å². The second-order valence-electron chi connectivity index (χ2n) is 14.3. The maximum absolute atomic E-state index is 14.3. The van der Waals surface area contributed by atoms with Crippen LogP contribution in [0.3, 0.4) is 0 Å². The number of ether oxygens (including phenoxy) is 5. The van der Waals surface area contributed by atoms with Crippen molar-refractivity contribution < 1.29 is 57.9 Å². The maximum atomic E-state index is 14.3. The molecule has 1 saturated carbocycles. The number of aliphatic hydroxyl groups excluding tert-OH is 1. The number of carbonyl (C=O) groups is 5. The molecule has 12 heteroatoms. The Balaban J connectivity index is 2.43. The van der Waals surface area contributed by atoms with E-state index in [0.29, 0.717) is 0 Å². The summed E-state index contributed by atoms with van der Waals surface area (Å²) in [5, 5.41) is 24.4. The number of hydrogen-bond donors (Lipinski definition) is 2. The molecule has 2 N–H and O–H groups in total. The molecule has 0 radical (unpaired) electrons. The van der Waals surface area contributed by atoms with E-state index < -0.39 is 95.1 Å². The van der Waals surface area contributed by atoms with Gasteiger partial charge in [0.1, 0.15) is 17.3 Å². The minimum Gasteiger partial charge on any atom is -0.458 e. The molecule has 2 aliphatic carbocycles. The molecule has 0 spiro atoms. The predicted octanol–water partition coefficient (Wildman–Crippen LogP) is 3.91. The number of allylic oxidation sites excluding steroid dienone is 1. The van der Waals surface area contributed by atoms with Crippen LogP contribution in [0.25, 0.3) is 0 Å². The first kappa shape index (κ1) is 39.6. The standard InChI is InChI=1S/C37H50O12/c1-20(2)18-45-28-22(4)29(48-34(43)26-14-12-11-13-15-26)30(46-23(5)38)33(47-24(6)39)35(8,9)17-16-21(3)31(41)37(44)19-36(10,49-25(7)40)32(42)27(28)37/h11-17,20-21,27-30,32-33,42,44H,4,18-19H2,1-3,5-10H3/b17-16+/t21-,27-,28-,29-,30+,32+,33+,36+,37+/m0/s1. The molecule has 0 saturated heterocycles. The Kier molecular flexibility index (Phi) is 12.4. The number of Topliss-reactive ketones (excluding diaryl/α,β-unsaturated/α-hetero) is 1. The van der Waals surface area contributed by atoms with Crippen molar-refractivity contribution >= 4 is 29.7 Å². The number of benzene rings is 1. The van der Waals surface area contributed by atoms with Crippen LogP contribution in [0, 0.1) is 23.2 Å². The summed E-state index contributed by atoms with van der Waals surface area (Å²) in [7, 11) is 0. The van der Waals surface area contributed by atoms with E-state index >= 15 is 0 Å². The van der Waals surface area contributed by atoms with Crippen LogP contribution in [0.2, 0.25) is 0 Å². The highest BCUT2D eigenvalue weighted by Crippen LogP contribution is 2.51. The van der Waals surface area contributed by atoms with Gasteiger partial charge in [-0.25, -0.2) is 4.79 Å². The van der Waals surface area contributed by atoms with Crippen LogP contribution < -0.4 is 0 Å². The van der Waals surface area contributed by atoms with Crippen LogP contribution in [-0.2, 0) is 42.9 Å². The molecule has 0 unspecified atom stereocenters. The Morgan fingerprint density at radius 1 is 0.939 bits per heavy atom. The molecule has 9 atom stereocenters. The van der Waals surface area contributed by atoms with Gasteiger partial charge in [-0.1, -0.05) is 71.5 Å². The molecule has 1 aromatic carbocycles. The zero-order valence-corrected chi connectivity index (χ0v) is 29.8. The highest BCUT2D eigenvalue weighted by molar-refractivity contribution is 5.92. The lowest BCUT2D eigenvalue weighted by Crippen LogP contribution is -2.57. The van der Waals surface area contributed by atoms with Crippen molar-refractivity contribution in [2.45, 2.75) is 110 Å². The molecule has 3 rings (SSSR count). The molecule has 0 bridgehead atoms. The highest BCUT2D eigenvalue weighted by Gasteiger charge is 2.67. The number of carbonyl (C=O) groups excluding carboxylic acids is 5. The van der Waals surface area contributed by atoms with Gasteiger partial charge in [0, 0.05) is 45.1 Å². The lowest BCUT2D eigenvalue weighted by molar-refractivity contribution is -0.184. The van der Waals surface area contributed by atoms with E-state index in [0.717, 1.165) is 13.8 Å². The van der Waals surface area contributed by atoms with Crippen LogP contribution >= 0.6 is 0 Å². The summed E-state index contributed by atoms with van der Waals surface area (Å²) in [6, 6.07) is 7.97. The number of esters is 4. The van der Waals surface area contributed by atoms with E-state index in [4.69, 9.17) is 23.7 Å². The maximum Gasteiger partial charge on any atom is 0.338 e. The van der Waals surface area contributed by atoms with Gasteiger partial charge in [0.25, 0.3) is 0 Å². The first-order valence-electron chi connectivity index (χ1n) is 16.4. The van der Waals surface area contributed by atoms with Gasteiger partial charge in [0.15, 0.2) is 24.1 Å². The summed E-state index contributed by atoms with van der Waals surface area (Å²) < 4.78 is 29.6. The lowest BCUT2D eigenvalue weighted by Gasteiger charge is -2.44. The monoisotopic (exact) mass is 686 g/mol. The molecule has 12 nitrogen and oxygen atoms in total. The average molecular weight is 687 g/mol. The topological polar surface area (TPSA) is 172 Å². The number of fused-ring (bicyclic) bond motifs is 1. The summed E-state index contributed by atoms with van der Waals surface area (Å²) in [5.41, 5.74) is -5.27. The Hall–Kier alpha value is -3.87. The van der Waals surface area contributed by atoms with E-state index in [2.05, 4.69) is 6.58 Å². The van der Waals surface area contributed by atoms with Gasteiger partial charge in [-0.2, -0.15) is 0 Å². The first-order chi connectivity index (χ1) is 22.6. The number of rotatable bonds is 8. The zero-order chi connectivity index (χ0) is 37.1. The van der Waals surface area contributed by atoms with Crippen molar-refractivity contribution in [2.24, 2.45) is 23.2 Å². The molecule has 2 aliphatic rings. The van der Waals surface area contributed by atoms with E-state index in [1.54, 1.807) is 45.0 Å². The van der Waals surface area contributed by atoms with Crippen molar-refractivity contribution in [1.29, 1.82) is 0 Å². The van der Waals surface area contributed by atoms with Crippen LogP contribution in [0.4, 0.5) is 0 Å². The van der Waals surface area contributed by atoms with Crippen LogP contribution in [0.1, 0.15) is 79.1 Å². The molecule has 1 fully saturated rings. The fourth-order valence-corrected chi connectivity index (χ4v) is 6.77. The van der Waals surface area contributed by atoms with Crippen LogP contribution in [0.5, 0.6) is 0 Å². The van der Waals surface area contributed by atoms with Gasteiger partial charge in [-0.15, -0.1) is 0 Å². The molecule has 270 valence electrons. The van der Waals surface area contributed by atoms with E-state index in [1.165, 1.54) is 32.1 Å². The van der Waals surface area contributed by atoms with Gasteiger partial charge in [-0.3, -0.25) is 19.2 Å². The van der Waals surface area contributed by atoms with Crippen molar-refractivity contribution in [3.05, 3.63) is 60.2 Å². The van der Waals surface area contributed by atoms with E-state index in [1.807, 2.05) is 13.8 Å². The second kappa shape index (κ2) is 15.3. The van der Waals surface area contributed by atoms with E-state index in [-0.39, 0.29) is 23.7 Å². The summed E-state index contributed by atoms with van der Waals surface area (Å²) in [6.45, 7) is 17.7.